The highest BCUT2D eigenvalue weighted by Crippen LogP contribution is 2.38. The number of fused-ring (bicyclic) bond motifs is 1. The molecule has 0 aliphatic rings. The second kappa shape index (κ2) is 15.2. The van der Waals surface area contributed by atoms with E-state index in [0.29, 0.717) is 60.0 Å². The molecule has 0 saturated heterocycles. The van der Waals surface area contributed by atoms with E-state index in [-0.39, 0.29) is 25.0 Å². The normalized spacial score (nSPS) is 13.7. The summed E-state index contributed by atoms with van der Waals surface area (Å²) in [6, 6.07) is 5.24. The van der Waals surface area contributed by atoms with Gasteiger partial charge in [0.2, 0.25) is 0 Å². The van der Waals surface area contributed by atoms with Gasteiger partial charge in [-0.2, -0.15) is 0 Å². The van der Waals surface area contributed by atoms with Gasteiger partial charge in [0.15, 0.2) is 17.4 Å². The molecule has 43 heavy (non-hydrogen) atoms. The lowest BCUT2D eigenvalue weighted by atomic mass is 9.86. The van der Waals surface area contributed by atoms with Crippen molar-refractivity contribution in [1.29, 1.82) is 0 Å². The predicted molar refractivity (Wildman–Crippen MR) is 176 cm³/mol. The molecule has 1 N–H and O–H groups in total. The van der Waals surface area contributed by atoms with Crippen LogP contribution in [0.4, 0.5) is 8.78 Å². The molecule has 1 unspecified atom stereocenters. The monoisotopic (exact) mass is 634 g/mol. The van der Waals surface area contributed by atoms with Crippen molar-refractivity contribution in [3.05, 3.63) is 53.4 Å². The average Bonchev–Trinajstić information content (AvgIpc) is 3.30. The molecule has 0 spiro atoms. The number of aromatic nitrogens is 2. The Balaban J connectivity index is 1.77. The number of nitrogens with zero attached hydrogens (tertiary/aromatic N) is 2. The highest BCUT2D eigenvalue weighted by molar-refractivity contribution is 7.80. The Morgan fingerprint density at radius 1 is 1.14 bits per heavy atom. The molecule has 1 aromatic carbocycles. The van der Waals surface area contributed by atoms with Crippen LogP contribution in [0.1, 0.15) is 64.5 Å². The Morgan fingerprint density at radius 3 is 2.40 bits per heavy atom. The quantitative estimate of drug-likeness (QED) is 0.0911. The van der Waals surface area contributed by atoms with Crippen molar-refractivity contribution in [2.75, 3.05) is 19.8 Å². The van der Waals surface area contributed by atoms with Gasteiger partial charge in [-0.3, -0.25) is 0 Å². The summed E-state index contributed by atoms with van der Waals surface area (Å²) < 4.78 is 50.2. The van der Waals surface area contributed by atoms with Gasteiger partial charge < -0.3 is 23.9 Å². The molecular weight excluding hydrogens is 587 g/mol. The van der Waals surface area contributed by atoms with Crippen LogP contribution in [-0.4, -0.2) is 53.5 Å². The van der Waals surface area contributed by atoms with E-state index < -0.39 is 30.9 Å². The summed E-state index contributed by atoms with van der Waals surface area (Å²) >= 11 is 5.55. The molecule has 0 fully saturated rings. The number of aliphatic hydroxyl groups excluding tert-OH is 1. The molecule has 0 bridgehead atoms. The van der Waals surface area contributed by atoms with Crippen LogP contribution in [0, 0.1) is 17.0 Å². The first-order valence-electron chi connectivity index (χ1n) is 15.1. The van der Waals surface area contributed by atoms with Gasteiger partial charge in [-0.15, -0.1) is 0 Å². The van der Waals surface area contributed by atoms with Gasteiger partial charge in [0.1, 0.15) is 18.1 Å². The second-order valence-corrected chi connectivity index (χ2v) is 19.8. The second-order valence-electron chi connectivity index (χ2n) is 13.6. The number of hydrogen-bond donors (Lipinski definition) is 1. The van der Waals surface area contributed by atoms with Crippen LogP contribution >= 0.6 is 12.2 Å². The highest BCUT2D eigenvalue weighted by Gasteiger charge is 2.25. The van der Waals surface area contributed by atoms with E-state index in [1.807, 2.05) is 31.5 Å². The number of aliphatic hydroxyl groups is 1. The van der Waals surface area contributed by atoms with Gasteiger partial charge in [0, 0.05) is 38.9 Å². The maximum absolute atomic E-state index is 15.3. The molecule has 238 valence electrons. The molecule has 0 aliphatic heterocycles. The molecule has 1 atom stereocenters. The summed E-state index contributed by atoms with van der Waals surface area (Å²) in [5.74, 6) is -1.60. The third kappa shape index (κ3) is 10.1. The fourth-order valence-electron chi connectivity index (χ4n) is 4.62. The van der Waals surface area contributed by atoms with E-state index in [1.165, 1.54) is 12.1 Å². The summed E-state index contributed by atoms with van der Waals surface area (Å²) in [5.41, 5.74) is 1.60. The molecular formula is C33H48F2N2O4SSi. The summed E-state index contributed by atoms with van der Waals surface area (Å²) in [6.07, 6.45) is 5.00. The van der Waals surface area contributed by atoms with Gasteiger partial charge in [-0.05, 0) is 72.8 Å². The number of ether oxygens (including phenoxy) is 3. The predicted octanol–water partition coefficient (Wildman–Crippen LogP) is 8.66. The highest BCUT2D eigenvalue weighted by atomic mass is 32.1. The number of hydrogen-bond acceptors (Lipinski definition) is 6. The molecule has 0 aliphatic carbocycles. The SMILES string of the molecule is CC(C)OCC(C)(CO)CCC(=S)Cc1cc(F)c(Oc2ccnc3c2c(C(C)C)cn3COCC[Si](C)(C)C)c(F)c1. The van der Waals surface area contributed by atoms with Gasteiger partial charge in [0.05, 0.1) is 24.7 Å². The van der Waals surface area contributed by atoms with E-state index in [1.54, 1.807) is 12.3 Å². The number of thiocarbonyl (C=S) groups is 1. The van der Waals surface area contributed by atoms with Crippen molar-refractivity contribution in [2.45, 2.75) is 98.3 Å². The summed E-state index contributed by atoms with van der Waals surface area (Å²) in [5, 5.41) is 10.6. The van der Waals surface area contributed by atoms with E-state index in [9.17, 15) is 5.11 Å². The van der Waals surface area contributed by atoms with Crippen molar-refractivity contribution in [1.82, 2.24) is 9.55 Å². The zero-order valence-electron chi connectivity index (χ0n) is 26.9. The standard InChI is InChI=1S/C33H48F2N2O4SSi/c1-22(2)26-18-37(21-39-13-14-43(6,7)8)32-30(26)29(10-12-36-32)41-31-27(34)16-24(17-28(31)35)15-25(42)9-11-33(5,19-38)20-40-23(3)4/h10,12,16-18,22-23,38H,9,11,13-15,19-21H2,1-8H3. The molecule has 10 heteroatoms. The van der Waals surface area contributed by atoms with E-state index in [2.05, 4.69) is 38.5 Å². The van der Waals surface area contributed by atoms with Crippen LogP contribution in [0.5, 0.6) is 11.5 Å². The minimum Gasteiger partial charge on any atom is -0.450 e. The zero-order chi connectivity index (χ0) is 31.9. The lowest BCUT2D eigenvalue weighted by molar-refractivity contribution is -0.0142. The van der Waals surface area contributed by atoms with Crippen LogP contribution in [0.3, 0.4) is 0 Å². The van der Waals surface area contributed by atoms with Crippen molar-refractivity contribution in [3.63, 3.8) is 0 Å². The Hall–Kier alpha value is -2.24. The number of pyridine rings is 1. The lowest BCUT2D eigenvalue weighted by Crippen LogP contribution is -2.30. The first-order valence-corrected chi connectivity index (χ1v) is 19.2. The van der Waals surface area contributed by atoms with Crippen LogP contribution in [0.15, 0.2) is 30.6 Å². The van der Waals surface area contributed by atoms with Gasteiger partial charge in [0.25, 0.3) is 0 Å². The smallest absolute Gasteiger partial charge is 0.198 e. The molecule has 2 heterocycles. The molecule has 0 saturated carbocycles. The number of halogens is 2. The van der Waals surface area contributed by atoms with Crippen molar-refractivity contribution < 1.29 is 28.1 Å². The fourth-order valence-corrected chi connectivity index (χ4v) is 5.65. The van der Waals surface area contributed by atoms with E-state index in [4.69, 9.17) is 26.4 Å². The van der Waals surface area contributed by atoms with Crippen LogP contribution in [0.2, 0.25) is 25.7 Å². The maximum atomic E-state index is 15.3. The Kier molecular flexibility index (Phi) is 12.4. The van der Waals surface area contributed by atoms with Crippen LogP contribution < -0.4 is 4.74 Å². The molecule has 2 aromatic heterocycles. The average molecular weight is 635 g/mol. The topological polar surface area (TPSA) is 65.7 Å². The third-order valence-corrected chi connectivity index (χ3v) is 9.48. The summed E-state index contributed by atoms with van der Waals surface area (Å²) in [7, 11) is -1.22. The van der Waals surface area contributed by atoms with Crippen LogP contribution in [-0.2, 0) is 22.6 Å². The minimum absolute atomic E-state index is 0.0343. The third-order valence-electron chi connectivity index (χ3n) is 7.42. The Labute approximate surface area is 261 Å². The number of rotatable bonds is 17. The largest absolute Gasteiger partial charge is 0.450 e. The van der Waals surface area contributed by atoms with Crippen molar-refractivity contribution in [3.8, 4) is 11.5 Å². The van der Waals surface area contributed by atoms with Crippen LogP contribution in [0.25, 0.3) is 11.0 Å². The fraction of sp³-hybridized carbons (Fsp3) is 0.576. The van der Waals surface area contributed by atoms with Crippen molar-refractivity contribution in [2.24, 2.45) is 5.41 Å². The van der Waals surface area contributed by atoms with Gasteiger partial charge in [-0.25, -0.2) is 13.8 Å². The van der Waals surface area contributed by atoms with Gasteiger partial charge in [-0.1, -0.05) is 52.6 Å². The number of benzene rings is 1. The first-order chi connectivity index (χ1) is 20.1. The summed E-state index contributed by atoms with van der Waals surface area (Å²) in [6.45, 7) is 18.3. The summed E-state index contributed by atoms with van der Waals surface area (Å²) in [4.78, 5) is 5.21. The van der Waals surface area contributed by atoms with E-state index >= 15 is 8.78 Å². The lowest BCUT2D eigenvalue weighted by Gasteiger charge is -2.28. The molecule has 3 rings (SSSR count). The van der Waals surface area contributed by atoms with Crippen molar-refractivity contribution >= 4 is 36.2 Å². The van der Waals surface area contributed by atoms with Gasteiger partial charge >= 0.3 is 0 Å². The molecule has 3 aromatic rings. The van der Waals surface area contributed by atoms with E-state index in [0.717, 1.165) is 11.6 Å². The molecule has 0 amide bonds. The zero-order valence-corrected chi connectivity index (χ0v) is 28.7. The minimum atomic E-state index is -1.22. The first kappa shape index (κ1) is 35.2. The molecule has 6 nitrogen and oxygen atoms in total. The Bertz CT molecular complexity index is 1370. The Morgan fingerprint density at radius 2 is 1.81 bits per heavy atom. The maximum Gasteiger partial charge on any atom is 0.198 e. The molecule has 0 radical (unpaired) electrons.